The molecule has 2 saturated heterocycles. The first kappa shape index (κ1) is 5.21. The third kappa shape index (κ3) is 0.713. The van der Waals surface area contributed by atoms with E-state index in [2.05, 4.69) is 6.42 Å². The van der Waals surface area contributed by atoms with Crippen LogP contribution >= 0.6 is 0 Å². The molecular formula is C6H10N2O+. The fourth-order valence-corrected chi connectivity index (χ4v) is 1.52. The van der Waals surface area contributed by atoms with Gasteiger partial charge in [-0.15, -0.1) is 5.01 Å². The molecule has 3 heteroatoms. The minimum atomic E-state index is 0.602. The lowest BCUT2D eigenvalue weighted by molar-refractivity contribution is -0.704. The molecule has 2 fully saturated rings. The van der Waals surface area contributed by atoms with Crippen molar-refractivity contribution in [3.8, 4) is 0 Å². The standard InChI is InChI=1S/C6H10N2O/c9-8-4-2-6-1-3-7(8)5-6/h2,6H,1,3-5H2/q+1. The van der Waals surface area contributed by atoms with Gasteiger partial charge in [-0.2, -0.15) is 0 Å². The summed E-state index contributed by atoms with van der Waals surface area (Å²) in [7, 11) is 0. The van der Waals surface area contributed by atoms with E-state index in [1.54, 1.807) is 0 Å². The highest BCUT2D eigenvalue weighted by molar-refractivity contribution is 4.85. The fraction of sp³-hybridized carbons (Fsp3) is 0.833. The van der Waals surface area contributed by atoms with E-state index in [1.807, 2.05) is 5.01 Å². The summed E-state index contributed by atoms with van der Waals surface area (Å²) in [6, 6.07) is 0. The lowest BCUT2D eigenvalue weighted by Crippen LogP contribution is -2.36. The predicted octanol–water partition coefficient (Wildman–Crippen LogP) is 0.220. The van der Waals surface area contributed by atoms with E-state index in [9.17, 15) is 4.91 Å². The quantitative estimate of drug-likeness (QED) is 0.433. The van der Waals surface area contributed by atoms with E-state index in [4.69, 9.17) is 0 Å². The van der Waals surface area contributed by atoms with Gasteiger partial charge in [-0.1, -0.05) is 0 Å². The Bertz CT molecular complexity index is 146. The molecule has 0 aliphatic carbocycles. The molecular weight excluding hydrogens is 116 g/mol. The smallest absolute Gasteiger partial charge is 0.141 e. The number of nitrogens with zero attached hydrogens (tertiary/aromatic N) is 2. The molecule has 1 radical (unpaired) electrons. The molecule has 3 nitrogen and oxygen atoms in total. The summed E-state index contributed by atoms with van der Waals surface area (Å²) in [5, 5.41) is 1.88. The lowest BCUT2D eigenvalue weighted by Gasteiger charge is -2.12. The van der Waals surface area contributed by atoms with Gasteiger partial charge in [-0.25, -0.2) is 0 Å². The van der Waals surface area contributed by atoms with Gasteiger partial charge in [0.15, 0.2) is 0 Å². The van der Waals surface area contributed by atoms with Crippen molar-refractivity contribution in [2.75, 3.05) is 19.6 Å². The molecule has 2 aliphatic heterocycles. The number of rotatable bonds is 0. The highest BCUT2D eigenvalue weighted by atomic mass is 16.3. The van der Waals surface area contributed by atoms with E-state index in [0.29, 0.717) is 12.5 Å². The number of hydrogen-bond donors (Lipinski definition) is 0. The van der Waals surface area contributed by atoms with Crippen LogP contribution in [0.1, 0.15) is 6.42 Å². The molecule has 1 atom stereocenters. The molecule has 0 spiro atoms. The summed E-state index contributed by atoms with van der Waals surface area (Å²) >= 11 is 0. The monoisotopic (exact) mass is 126 g/mol. The summed E-state index contributed by atoms with van der Waals surface area (Å²) in [6.07, 6.45) is 3.30. The van der Waals surface area contributed by atoms with E-state index < -0.39 is 0 Å². The second kappa shape index (κ2) is 1.69. The van der Waals surface area contributed by atoms with Crippen LogP contribution in [0, 0.1) is 17.2 Å². The molecule has 1 unspecified atom stereocenters. The summed E-state index contributed by atoms with van der Waals surface area (Å²) in [6.45, 7) is 2.53. The van der Waals surface area contributed by atoms with Crippen molar-refractivity contribution < 1.29 is 4.87 Å². The molecule has 0 amide bonds. The van der Waals surface area contributed by atoms with Gasteiger partial charge < -0.3 is 0 Å². The zero-order valence-electron chi connectivity index (χ0n) is 5.29. The van der Waals surface area contributed by atoms with Crippen LogP contribution < -0.4 is 0 Å². The van der Waals surface area contributed by atoms with Gasteiger partial charge in [-0.3, -0.25) is 0 Å². The lowest BCUT2D eigenvalue weighted by atomic mass is 10.1. The minimum absolute atomic E-state index is 0.602. The largest absolute Gasteiger partial charge is 0.229 e. The number of nitroso groups, excluding NO2 is 1. The molecule has 0 saturated carbocycles. The SMILES string of the molecule is O=[N+]1C[CH]C2CCN1C2. The first-order valence-electron chi connectivity index (χ1n) is 3.39. The first-order chi connectivity index (χ1) is 4.36. The Labute approximate surface area is 54.2 Å². The topological polar surface area (TPSA) is 23.3 Å². The summed E-state index contributed by atoms with van der Waals surface area (Å²) in [5.41, 5.74) is 0. The van der Waals surface area contributed by atoms with Crippen molar-refractivity contribution in [3.63, 3.8) is 0 Å². The highest BCUT2D eigenvalue weighted by Crippen LogP contribution is 2.22. The zero-order chi connectivity index (χ0) is 6.27. The molecule has 9 heavy (non-hydrogen) atoms. The second-order valence-electron chi connectivity index (χ2n) is 2.73. The van der Waals surface area contributed by atoms with Crippen molar-refractivity contribution in [1.29, 1.82) is 0 Å². The van der Waals surface area contributed by atoms with Crippen molar-refractivity contribution in [1.82, 2.24) is 5.01 Å². The molecule has 2 heterocycles. The van der Waals surface area contributed by atoms with Crippen LogP contribution in [-0.4, -0.2) is 29.5 Å². The van der Waals surface area contributed by atoms with Gasteiger partial charge in [0.1, 0.15) is 4.87 Å². The van der Waals surface area contributed by atoms with Gasteiger partial charge in [0, 0.05) is 6.42 Å². The number of hydrogen-bond acceptors (Lipinski definition) is 1. The Morgan fingerprint density at radius 3 is 3.33 bits per heavy atom. The first-order valence-corrected chi connectivity index (χ1v) is 3.39. The van der Waals surface area contributed by atoms with E-state index in [1.165, 1.54) is 6.42 Å². The summed E-state index contributed by atoms with van der Waals surface area (Å²) < 4.78 is 0. The van der Waals surface area contributed by atoms with Crippen LogP contribution in [0.4, 0.5) is 0 Å². The molecule has 2 aliphatic rings. The Balaban J connectivity index is 2.14. The zero-order valence-corrected chi connectivity index (χ0v) is 5.29. The minimum Gasteiger partial charge on any atom is -0.141 e. The Morgan fingerprint density at radius 2 is 2.56 bits per heavy atom. The highest BCUT2D eigenvalue weighted by Gasteiger charge is 2.37. The van der Waals surface area contributed by atoms with Crippen LogP contribution in [0.5, 0.6) is 0 Å². The van der Waals surface area contributed by atoms with Crippen LogP contribution in [0.2, 0.25) is 0 Å². The van der Waals surface area contributed by atoms with Crippen LogP contribution in [0.15, 0.2) is 0 Å². The van der Waals surface area contributed by atoms with Gasteiger partial charge in [0.05, 0.1) is 18.0 Å². The van der Waals surface area contributed by atoms with Crippen molar-refractivity contribution >= 4 is 0 Å². The maximum absolute atomic E-state index is 10.9. The summed E-state index contributed by atoms with van der Waals surface area (Å²) in [5.74, 6) is 0.704. The predicted molar refractivity (Wildman–Crippen MR) is 32.5 cm³/mol. The molecule has 0 aromatic rings. The average Bonchev–Trinajstić information content (AvgIpc) is 2.25. The van der Waals surface area contributed by atoms with E-state index >= 15 is 0 Å². The molecule has 0 N–H and O–H groups in total. The fourth-order valence-electron chi connectivity index (χ4n) is 1.52. The van der Waals surface area contributed by atoms with Gasteiger partial charge in [0.25, 0.3) is 0 Å². The third-order valence-electron chi connectivity index (χ3n) is 2.11. The maximum Gasteiger partial charge on any atom is 0.229 e. The normalized spacial score (nSPS) is 33.6. The molecule has 0 aromatic carbocycles. The maximum atomic E-state index is 10.9. The van der Waals surface area contributed by atoms with Gasteiger partial charge >= 0.3 is 0 Å². The number of fused-ring (bicyclic) bond motifs is 2. The van der Waals surface area contributed by atoms with Crippen molar-refractivity contribution in [2.45, 2.75) is 6.42 Å². The van der Waals surface area contributed by atoms with Crippen LogP contribution in [0.3, 0.4) is 0 Å². The third-order valence-corrected chi connectivity index (χ3v) is 2.11. The number of hydrazine groups is 1. The van der Waals surface area contributed by atoms with Gasteiger partial charge in [-0.05, 0) is 12.3 Å². The average molecular weight is 126 g/mol. The van der Waals surface area contributed by atoms with Crippen molar-refractivity contribution in [3.05, 3.63) is 11.3 Å². The second-order valence-corrected chi connectivity index (χ2v) is 2.73. The molecule has 49 valence electrons. The van der Waals surface area contributed by atoms with E-state index in [-0.39, 0.29) is 0 Å². The van der Waals surface area contributed by atoms with E-state index in [0.717, 1.165) is 18.0 Å². The Kier molecular flexibility index (Phi) is 0.976. The Morgan fingerprint density at radius 1 is 1.67 bits per heavy atom. The molecule has 0 aromatic heterocycles. The van der Waals surface area contributed by atoms with Crippen LogP contribution in [-0.2, 0) is 0 Å². The molecule has 2 bridgehead atoms. The van der Waals surface area contributed by atoms with Crippen molar-refractivity contribution in [2.24, 2.45) is 5.92 Å². The van der Waals surface area contributed by atoms with Gasteiger partial charge in [0.2, 0.25) is 6.54 Å². The molecule has 2 rings (SSSR count). The van der Waals surface area contributed by atoms with Crippen LogP contribution in [0.25, 0.3) is 0 Å². The Hall–Kier alpha value is -0.600. The summed E-state index contributed by atoms with van der Waals surface area (Å²) in [4.78, 5) is 11.9.